The number of nitrogens with one attached hydrogen (secondary N) is 1. The van der Waals surface area contributed by atoms with Crippen molar-refractivity contribution in [2.24, 2.45) is 17.8 Å². The lowest BCUT2D eigenvalue weighted by Crippen LogP contribution is -2.54. The Balaban J connectivity index is 1.32. The van der Waals surface area contributed by atoms with E-state index in [4.69, 9.17) is 23.2 Å². The molecule has 2 unspecified atom stereocenters. The molecule has 262 valence electrons. The number of benzene rings is 3. The van der Waals surface area contributed by atoms with Gasteiger partial charge in [0.05, 0.1) is 11.9 Å². The number of sulfonamides is 1. The van der Waals surface area contributed by atoms with Crippen molar-refractivity contribution in [2.75, 3.05) is 17.1 Å². The van der Waals surface area contributed by atoms with E-state index in [2.05, 4.69) is 17.4 Å². The lowest BCUT2D eigenvalue weighted by Gasteiger charge is -2.57. The summed E-state index contributed by atoms with van der Waals surface area (Å²) in [6.45, 7) is 3.41. The smallest absolute Gasteiger partial charge is 0.244 e. The summed E-state index contributed by atoms with van der Waals surface area (Å²) in [5.41, 5.74) is 3.34. The lowest BCUT2D eigenvalue weighted by molar-refractivity contribution is -0.140. The van der Waals surface area contributed by atoms with Crippen molar-refractivity contribution >= 4 is 50.7 Å². The molecule has 0 radical (unpaired) electrons. The predicted molar refractivity (Wildman–Crippen MR) is 197 cm³/mol. The Bertz CT molecular complexity index is 1730. The van der Waals surface area contributed by atoms with Gasteiger partial charge in [0.2, 0.25) is 21.8 Å². The molecule has 4 fully saturated rings. The molecule has 49 heavy (non-hydrogen) atoms. The van der Waals surface area contributed by atoms with Gasteiger partial charge in [-0.3, -0.25) is 13.9 Å². The number of rotatable bonds is 13. The molecule has 2 atom stereocenters. The Labute approximate surface area is 301 Å². The molecule has 0 aliphatic heterocycles. The second-order valence-electron chi connectivity index (χ2n) is 14.8. The Morgan fingerprint density at radius 1 is 0.918 bits per heavy atom. The third kappa shape index (κ3) is 8.13. The number of carbonyl (C=O) groups excluding carboxylic acids is 2. The van der Waals surface area contributed by atoms with Gasteiger partial charge in [-0.1, -0.05) is 78.7 Å². The first kappa shape index (κ1) is 35.7. The zero-order valence-corrected chi connectivity index (χ0v) is 30.9. The van der Waals surface area contributed by atoms with Crippen LogP contribution in [0.4, 0.5) is 5.69 Å². The van der Waals surface area contributed by atoms with E-state index in [1.807, 2.05) is 56.3 Å². The van der Waals surface area contributed by atoms with Crippen molar-refractivity contribution in [1.29, 1.82) is 0 Å². The zero-order valence-electron chi connectivity index (χ0n) is 28.6. The van der Waals surface area contributed by atoms with Crippen molar-refractivity contribution in [3.8, 4) is 0 Å². The van der Waals surface area contributed by atoms with Gasteiger partial charge in [-0.05, 0) is 116 Å². The summed E-state index contributed by atoms with van der Waals surface area (Å²) in [4.78, 5) is 29.9. The van der Waals surface area contributed by atoms with Crippen LogP contribution in [0, 0.1) is 17.8 Å². The van der Waals surface area contributed by atoms with E-state index in [9.17, 15) is 18.0 Å². The Hall–Kier alpha value is -3.07. The highest BCUT2D eigenvalue weighted by Gasteiger charge is 2.51. The van der Waals surface area contributed by atoms with E-state index in [1.54, 1.807) is 18.2 Å². The van der Waals surface area contributed by atoms with E-state index >= 15 is 0 Å². The molecule has 0 aromatic heterocycles. The highest BCUT2D eigenvalue weighted by Crippen LogP contribution is 2.60. The maximum Gasteiger partial charge on any atom is 0.244 e. The van der Waals surface area contributed by atoms with Crippen LogP contribution in [-0.4, -0.2) is 50.0 Å². The van der Waals surface area contributed by atoms with Gasteiger partial charge < -0.3 is 10.2 Å². The van der Waals surface area contributed by atoms with E-state index in [0.29, 0.717) is 27.7 Å². The van der Waals surface area contributed by atoms with Crippen LogP contribution in [0.5, 0.6) is 0 Å². The highest BCUT2D eigenvalue weighted by molar-refractivity contribution is 7.92. The standard InChI is InChI=1S/C39H47Cl2N3O4S/c1-4-26(2)42-38(46)36(19-27-8-6-5-7-9-27)43(24-31-10-13-33(40)20-35(31)41)37(45)25-44(49(3,47)48)34-14-11-32(12-15-34)39-21-28-16-29(22-39)18-30(17-28)23-39/h5-15,20,26,28-30,36H,4,16-19,21-25H2,1-3H3,(H,42,46). The number of halogens is 2. The summed E-state index contributed by atoms with van der Waals surface area (Å²) in [7, 11) is -3.88. The van der Waals surface area contributed by atoms with Gasteiger partial charge in [0, 0.05) is 29.1 Å². The summed E-state index contributed by atoms with van der Waals surface area (Å²) in [6.07, 6.45) is 9.72. The molecule has 10 heteroatoms. The molecule has 7 rings (SSSR count). The maximum atomic E-state index is 14.5. The second kappa shape index (κ2) is 14.7. The number of carbonyl (C=O) groups is 2. The fraction of sp³-hybridized carbons (Fsp3) is 0.487. The van der Waals surface area contributed by atoms with E-state index in [0.717, 1.165) is 33.9 Å². The Morgan fingerprint density at radius 3 is 2.08 bits per heavy atom. The molecule has 3 aromatic carbocycles. The van der Waals surface area contributed by atoms with E-state index in [1.165, 1.54) is 49.0 Å². The van der Waals surface area contributed by atoms with Crippen LogP contribution >= 0.6 is 23.2 Å². The van der Waals surface area contributed by atoms with Gasteiger partial charge in [-0.15, -0.1) is 0 Å². The molecular weight excluding hydrogens is 677 g/mol. The van der Waals surface area contributed by atoms with Crippen molar-refractivity contribution < 1.29 is 18.0 Å². The quantitative estimate of drug-likeness (QED) is 0.195. The number of hydrogen-bond donors (Lipinski definition) is 1. The molecule has 0 saturated heterocycles. The SMILES string of the molecule is CCC(C)NC(=O)C(Cc1ccccc1)N(Cc1ccc(Cl)cc1Cl)C(=O)CN(c1ccc(C23CC4CC(CC(C4)C2)C3)cc1)S(C)(=O)=O. The van der Waals surface area contributed by atoms with Crippen molar-refractivity contribution in [3.05, 3.63) is 99.5 Å². The molecule has 4 saturated carbocycles. The van der Waals surface area contributed by atoms with Gasteiger partial charge in [-0.2, -0.15) is 0 Å². The van der Waals surface area contributed by atoms with Gasteiger partial charge >= 0.3 is 0 Å². The van der Waals surface area contributed by atoms with Crippen LogP contribution in [0.1, 0.15) is 75.5 Å². The van der Waals surface area contributed by atoms with Crippen molar-refractivity contribution in [1.82, 2.24) is 10.2 Å². The molecule has 7 nitrogen and oxygen atoms in total. The van der Waals surface area contributed by atoms with Crippen LogP contribution in [0.2, 0.25) is 10.0 Å². The fourth-order valence-corrected chi connectivity index (χ4v) is 10.2. The largest absolute Gasteiger partial charge is 0.352 e. The monoisotopic (exact) mass is 723 g/mol. The summed E-state index contributed by atoms with van der Waals surface area (Å²) in [5.74, 6) is 1.54. The third-order valence-corrected chi connectivity index (χ3v) is 12.8. The number of anilines is 1. The summed E-state index contributed by atoms with van der Waals surface area (Å²) >= 11 is 12.8. The minimum Gasteiger partial charge on any atom is -0.352 e. The number of nitrogens with zero attached hydrogens (tertiary/aromatic N) is 2. The van der Waals surface area contributed by atoms with Gasteiger partial charge in [0.25, 0.3) is 0 Å². The minimum atomic E-state index is -3.88. The fourth-order valence-electron chi connectivity index (χ4n) is 8.89. The third-order valence-electron chi connectivity index (χ3n) is 11.1. The second-order valence-corrected chi connectivity index (χ2v) is 17.5. The molecule has 3 aromatic rings. The van der Waals surface area contributed by atoms with Crippen LogP contribution in [0.15, 0.2) is 72.8 Å². The molecule has 4 aliphatic carbocycles. The van der Waals surface area contributed by atoms with Crippen molar-refractivity contribution in [2.45, 2.75) is 89.3 Å². The maximum absolute atomic E-state index is 14.5. The average molecular weight is 725 g/mol. The molecule has 0 heterocycles. The van der Waals surface area contributed by atoms with Crippen LogP contribution in [-0.2, 0) is 38.0 Å². The van der Waals surface area contributed by atoms with Gasteiger partial charge in [0.15, 0.2) is 0 Å². The first-order chi connectivity index (χ1) is 23.3. The molecular formula is C39H47Cl2N3O4S. The van der Waals surface area contributed by atoms with Crippen molar-refractivity contribution in [3.63, 3.8) is 0 Å². The predicted octanol–water partition coefficient (Wildman–Crippen LogP) is 7.78. The first-order valence-corrected chi connectivity index (χ1v) is 20.1. The van der Waals surface area contributed by atoms with E-state index in [-0.39, 0.29) is 30.3 Å². The normalized spacial score (nSPS) is 23.9. The summed E-state index contributed by atoms with van der Waals surface area (Å²) < 4.78 is 27.9. The van der Waals surface area contributed by atoms with Gasteiger partial charge in [0.1, 0.15) is 12.6 Å². The molecule has 4 aliphatic rings. The Kier molecular flexibility index (Phi) is 10.7. The lowest BCUT2D eigenvalue weighted by atomic mass is 9.48. The van der Waals surface area contributed by atoms with E-state index < -0.39 is 28.5 Å². The van der Waals surface area contributed by atoms with Crippen LogP contribution in [0.25, 0.3) is 0 Å². The number of hydrogen-bond acceptors (Lipinski definition) is 4. The Morgan fingerprint density at radius 2 is 1.53 bits per heavy atom. The topological polar surface area (TPSA) is 86.8 Å². The molecule has 2 amide bonds. The minimum absolute atomic E-state index is 0.0111. The zero-order chi connectivity index (χ0) is 34.9. The highest BCUT2D eigenvalue weighted by atomic mass is 35.5. The molecule has 4 bridgehead atoms. The first-order valence-electron chi connectivity index (χ1n) is 17.5. The number of amides is 2. The summed E-state index contributed by atoms with van der Waals surface area (Å²) in [6, 6.07) is 21.3. The average Bonchev–Trinajstić information content (AvgIpc) is 3.05. The van der Waals surface area contributed by atoms with Crippen LogP contribution < -0.4 is 9.62 Å². The molecule has 1 N–H and O–H groups in total. The summed E-state index contributed by atoms with van der Waals surface area (Å²) in [5, 5.41) is 3.85. The van der Waals surface area contributed by atoms with Gasteiger partial charge in [-0.25, -0.2) is 8.42 Å². The molecule has 0 spiro atoms. The van der Waals surface area contributed by atoms with Crippen LogP contribution in [0.3, 0.4) is 0 Å².